The van der Waals surface area contributed by atoms with Gasteiger partial charge >= 0.3 is 0 Å². The van der Waals surface area contributed by atoms with Crippen molar-refractivity contribution in [2.24, 2.45) is 0 Å². The van der Waals surface area contributed by atoms with Gasteiger partial charge in [0, 0.05) is 27.4 Å². The van der Waals surface area contributed by atoms with E-state index in [-0.39, 0.29) is 11.7 Å². The van der Waals surface area contributed by atoms with Crippen molar-refractivity contribution in [2.75, 3.05) is 5.32 Å². The number of benzene rings is 2. The van der Waals surface area contributed by atoms with Crippen LogP contribution in [0.2, 0.25) is 10.0 Å². The van der Waals surface area contributed by atoms with Gasteiger partial charge in [0.25, 0.3) is 5.69 Å². The minimum absolute atomic E-state index is 0.0874. The maximum absolute atomic E-state index is 11.0. The number of rotatable bonds is 4. The summed E-state index contributed by atoms with van der Waals surface area (Å²) in [6.07, 6.45) is 0. The molecule has 0 amide bonds. The number of nitrogens with zero attached hydrogens (tertiary/aromatic N) is 1. The van der Waals surface area contributed by atoms with Crippen molar-refractivity contribution >= 4 is 34.6 Å². The van der Waals surface area contributed by atoms with Crippen LogP contribution in [0.1, 0.15) is 24.1 Å². The van der Waals surface area contributed by atoms with Gasteiger partial charge in [0.15, 0.2) is 0 Å². The van der Waals surface area contributed by atoms with Crippen molar-refractivity contribution in [3.05, 3.63) is 67.7 Å². The molecule has 1 unspecified atom stereocenters. The molecule has 2 aromatic carbocycles. The van der Waals surface area contributed by atoms with Crippen LogP contribution in [0.5, 0.6) is 0 Å². The third-order valence-corrected chi connectivity index (χ3v) is 3.79. The van der Waals surface area contributed by atoms with Gasteiger partial charge in [-0.15, -0.1) is 0 Å². The molecule has 0 radical (unpaired) electrons. The second-order valence-electron chi connectivity index (χ2n) is 4.79. The maximum Gasteiger partial charge on any atom is 0.274 e. The second kappa shape index (κ2) is 6.33. The zero-order chi connectivity index (χ0) is 15.6. The van der Waals surface area contributed by atoms with Crippen molar-refractivity contribution in [1.82, 2.24) is 0 Å². The lowest BCUT2D eigenvalue weighted by atomic mass is 10.1. The van der Waals surface area contributed by atoms with Crippen LogP contribution in [-0.2, 0) is 0 Å². The fraction of sp³-hybridized carbons (Fsp3) is 0.200. The molecule has 1 atom stereocenters. The van der Waals surface area contributed by atoms with Crippen LogP contribution in [0.25, 0.3) is 0 Å². The van der Waals surface area contributed by atoms with E-state index in [4.69, 9.17) is 23.2 Å². The molecule has 0 spiro atoms. The third-order valence-electron chi connectivity index (χ3n) is 3.21. The van der Waals surface area contributed by atoms with Crippen molar-refractivity contribution in [3.63, 3.8) is 0 Å². The Morgan fingerprint density at radius 3 is 2.57 bits per heavy atom. The first-order chi connectivity index (χ1) is 9.88. The zero-order valence-electron chi connectivity index (χ0n) is 11.6. The van der Waals surface area contributed by atoms with Crippen LogP contribution in [-0.4, -0.2) is 4.92 Å². The molecule has 4 nitrogen and oxygen atoms in total. The summed E-state index contributed by atoms with van der Waals surface area (Å²) in [4.78, 5) is 10.6. The smallest absolute Gasteiger partial charge is 0.274 e. The molecule has 0 aliphatic carbocycles. The van der Waals surface area contributed by atoms with E-state index in [0.717, 1.165) is 5.56 Å². The van der Waals surface area contributed by atoms with E-state index >= 15 is 0 Å². The Bertz CT molecular complexity index is 689. The van der Waals surface area contributed by atoms with Gasteiger partial charge in [-0.05, 0) is 43.7 Å². The summed E-state index contributed by atoms with van der Waals surface area (Å²) >= 11 is 12.1. The van der Waals surface area contributed by atoms with Gasteiger partial charge in [0.05, 0.1) is 11.0 Å². The number of halogens is 2. The number of nitro benzene ring substituents is 1. The van der Waals surface area contributed by atoms with Gasteiger partial charge in [0.1, 0.15) is 0 Å². The maximum atomic E-state index is 11.0. The van der Waals surface area contributed by atoms with E-state index in [1.54, 1.807) is 37.3 Å². The Kier molecular flexibility index (Phi) is 4.70. The Morgan fingerprint density at radius 2 is 1.90 bits per heavy atom. The van der Waals surface area contributed by atoms with Crippen molar-refractivity contribution in [3.8, 4) is 0 Å². The fourth-order valence-corrected chi connectivity index (χ4v) is 2.53. The van der Waals surface area contributed by atoms with E-state index in [2.05, 4.69) is 5.32 Å². The SMILES string of the molecule is Cc1ccc(NC(C)c2cc(Cl)ccc2Cl)cc1[N+](=O)[O-]. The van der Waals surface area contributed by atoms with Crippen molar-refractivity contribution < 1.29 is 4.92 Å². The van der Waals surface area contributed by atoms with Crippen LogP contribution in [0.15, 0.2) is 36.4 Å². The molecule has 1 N–H and O–H groups in total. The van der Waals surface area contributed by atoms with Gasteiger partial charge in [0.2, 0.25) is 0 Å². The van der Waals surface area contributed by atoms with Crippen LogP contribution in [0, 0.1) is 17.0 Å². The highest BCUT2D eigenvalue weighted by molar-refractivity contribution is 6.33. The number of anilines is 1. The Balaban J connectivity index is 2.27. The molecule has 0 aromatic heterocycles. The quantitative estimate of drug-likeness (QED) is 0.606. The largest absolute Gasteiger partial charge is 0.378 e. The average molecular weight is 325 g/mol. The van der Waals surface area contributed by atoms with Crippen LogP contribution >= 0.6 is 23.2 Å². The Hall–Kier alpha value is -1.78. The summed E-state index contributed by atoms with van der Waals surface area (Å²) in [5.74, 6) is 0. The lowest BCUT2D eigenvalue weighted by Crippen LogP contribution is -2.07. The first-order valence-electron chi connectivity index (χ1n) is 6.35. The summed E-state index contributed by atoms with van der Waals surface area (Å²) in [6.45, 7) is 3.63. The number of nitrogens with one attached hydrogen (secondary N) is 1. The number of aryl methyl sites for hydroxylation is 1. The summed E-state index contributed by atoms with van der Waals surface area (Å²) in [5, 5.41) is 15.4. The average Bonchev–Trinajstić information content (AvgIpc) is 2.43. The van der Waals surface area contributed by atoms with Gasteiger partial charge in [-0.25, -0.2) is 0 Å². The van der Waals surface area contributed by atoms with Gasteiger partial charge in [-0.2, -0.15) is 0 Å². The molecule has 0 saturated carbocycles. The topological polar surface area (TPSA) is 55.2 Å². The standard InChI is InChI=1S/C15H14Cl2N2O2/c1-9-3-5-12(8-15(9)19(20)21)18-10(2)13-7-11(16)4-6-14(13)17/h3-8,10,18H,1-2H3. The molecule has 0 saturated heterocycles. The van der Waals surface area contributed by atoms with E-state index in [1.165, 1.54) is 6.07 Å². The number of hydrogen-bond acceptors (Lipinski definition) is 3. The molecule has 0 aliphatic rings. The minimum atomic E-state index is -0.391. The zero-order valence-corrected chi connectivity index (χ0v) is 13.1. The van der Waals surface area contributed by atoms with E-state index in [0.29, 0.717) is 21.3 Å². The molecule has 110 valence electrons. The lowest BCUT2D eigenvalue weighted by molar-refractivity contribution is -0.385. The van der Waals surface area contributed by atoms with Crippen LogP contribution in [0.4, 0.5) is 11.4 Å². The highest BCUT2D eigenvalue weighted by atomic mass is 35.5. The van der Waals surface area contributed by atoms with E-state index in [9.17, 15) is 10.1 Å². The Morgan fingerprint density at radius 1 is 1.19 bits per heavy atom. The van der Waals surface area contributed by atoms with Gasteiger partial charge in [-0.1, -0.05) is 29.3 Å². The fourth-order valence-electron chi connectivity index (χ4n) is 2.07. The first-order valence-corrected chi connectivity index (χ1v) is 7.10. The molecule has 6 heteroatoms. The normalized spacial score (nSPS) is 12.0. The van der Waals surface area contributed by atoms with Crippen LogP contribution in [0.3, 0.4) is 0 Å². The van der Waals surface area contributed by atoms with E-state index in [1.807, 2.05) is 6.92 Å². The summed E-state index contributed by atoms with van der Waals surface area (Å²) in [6, 6.07) is 10.1. The van der Waals surface area contributed by atoms with Crippen LogP contribution < -0.4 is 5.32 Å². The second-order valence-corrected chi connectivity index (χ2v) is 5.63. The third kappa shape index (κ3) is 3.65. The molecule has 0 aliphatic heterocycles. The molecular formula is C15H14Cl2N2O2. The van der Waals surface area contributed by atoms with Crippen molar-refractivity contribution in [2.45, 2.75) is 19.9 Å². The molecular weight excluding hydrogens is 311 g/mol. The molecule has 2 rings (SSSR count). The predicted molar refractivity (Wildman–Crippen MR) is 86.3 cm³/mol. The minimum Gasteiger partial charge on any atom is -0.378 e. The number of hydrogen-bond donors (Lipinski definition) is 1. The lowest BCUT2D eigenvalue weighted by Gasteiger charge is -2.17. The molecule has 21 heavy (non-hydrogen) atoms. The predicted octanol–water partition coefficient (Wildman–Crippen LogP) is 5.38. The van der Waals surface area contributed by atoms with Gasteiger partial charge < -0.3 is 5.32 Å². The molecule has 0 bridgehead atoms. The number of nitro groups is 1. The highest BCUT2D eigenvalue weighted by Crippen LogP contribution is 2.30. The summed E-state index contributed by atoms with van der Waals surface area (Å²) < 4.78 is 0. The highest BCUT2D eigenvalue weighted by Gasteiger charge is 2.14. The monoisotopic (exact) mass is 324 g/mol. The molecule has 0 fully saturated rings. The van der Waals surface area contributed by atoms with Crippen molar-refractivity contribution in [1.29, 1.82) is 0 Å². The summed E-state index contributed by atoms with van der Waals surface area (Å²) in [5.41, 5.74) is 2.21. The molecule has 0 heterocycles. The molecule has 2 aromatic rings. The van der Waals surface area contributed by atoms with Gasteiger partial charge in [-0.3, -0.25) is 10.1 Å². The Labute approximate surface area is 132 Å². The first kappa shape index (κ1) is 15.6. The van der Waals surface area contributed by atoms with E-state index < -0.39 is 4.92 Å². The summed E-state index contributed by atoms with van der Waals surface area (Å²) in [7, 11) is 0.